The van der Waals surface area contributed by atoms with Crippen molar-refractivity contribution < 1.29 is 19.0 Å². The molecule has 0 aliphatic rings. The van der Waals surface area contributed by atoms with E-state index in [2.05, 4.69) is 5.32 Å². The van der Waals surface area contributed by atoms with E-state index in [1.54, 1.807) is 67.8 Å². The summed E-state index contributed by atoms with van der Waals surface area (Å²) in [5.41, 5.74) is 1.88. The molecule has 1 N–H and O–H groups in total. The zero-order valence-corrected chi connectivity index (χ0v) is 17.2. The number of aryl methyl sites for hydroxylation is 1. The van der Waals surface area contributed by atoms with Crippen molar-refractivity contribution in [1.82, 2.24) is 0 Å². The highest BCUT2D eigenvalue weighted by Crippen LogP contribution is 2.33. The molecule has 0 aliphatic carbocycles. The number of carbonyl (C=O) groups excluding carboxylic acids is 1. The van der Waals surface area contributed by atoms with Crippen LogP contribution in [0.1, 0.15) is 22.8 Å². The molecular weight excluding hydrogens is 390 g/mol. The van der Waals surface area contributed by atoms with E-state index < -0.39 is 0 Å². The second kappa shape index (κ2) is 9.34. The van der Waals surface area contributed by atoms with Crippen molar-refractivity contribution >= 4 is 23.2 Å². The smallest absolute Gasteiger partial charge is 0.255 e. The Labute approximate surface area is 175 Å². The number of hydrogen-bond acceptors (Lipinski definition) is 4. The average molecular weight is 412 g/mol. The van der Waals surface area contributed by atoms with Gasteiger partial charge in [0, 0.05) is 10.6 Å². The molecular formula is C23H22ClNO4. The first-order valence-electron chi connectivity index (χ1n) is 9.16. The maximum Gasteiger partial charge on any atom is 0.255 e. The molecule has 5 nitrogen and oxygen atoms in total. The molecule has 0 unspecified atom stereocenters. The largest absolute Gasteiger partial charge is 0.497 e. The Morgan fingerprint density at radius 2 is 1.66 bits per heavy atom. The normalized spacial score (nSPS) is 10.3. The molecule has 3 aromatic rings. The molecule has 6 heteroatoms. The van der Waals surface area contributed by atoms with Gasteiger partial charge in [-0.15, -0.1) is 0 Å². The summed E-state index contributed by atoms with van der Waals surface area (Å²) >= 11 is 6.13. The van der Waals surface area contributed by atoms with Crippen LogP contribution in [0.5, 0.6) is 23.0 Å². The molecule has 0 aromatic heterocycles. The third kappa shape index (κ3) is 5.21. The molecule has 0 saturated carbocycles. The molecule has 0 radical (unpaired) electrons. The van der Waals surface area contributed by atoms with Gasteiger partial charge in [-0.2, -0.15) is 0 Å². The van der Waals surface area contributed by atoms with Gasteiger partial charge in [-0.05, 0) is 80.1 Å². The quantitative estimate of drug-likeness (QED) is 0.510. The summed E-state index contributed by atoms with van der Waals surface area (Å²) in [5, 5.41) is 3.37. The Morgan fingerprint density at radius 3 is 2.31 bits per heavy atom. The van der Waals surface area contributed by atoms with Gasteiger partial charge in [-0.25, -0.2) is 0 Å². The van der Waals surface area contributed by atoms with Crippen LogP contribution in [0, 0.1) is 6.92 Å². The SMILES string of the molecule is CCOc1ccc(C(=O)Nc2cc(Cl)ccc2Oc2ccc(OC)cc2)cc1C. The Morgan fingerprint density at radius 1 is 0.966 bits per heavy atom. The first kappa shape index (κ1) is 20.6. The van der Waals surface area contributed by atoms with Crippen LogP contribution in [0.2, 0.25) is 5.02 Å². The van der Waals surface area contributed by atoms with E-state index in [1.165, 1.54) is 0 Å². The third-order valence-corrected chi connectivity index (χ3v) is 4.45. The van der Waals surface area contributed by atoms with E-state index >= 15 is 0 Å². The Kier molecular flexibility index (Phi) is 6.62. The average Bonchev–Trinajstić information content (AvgIpc) is 2.72. The molecule has 0 atom stereocenters. The standard InChI is InChI=1S/C23H22ClNO4/c1-4-28-21-11-5-16(13-15(21)2)23(26)25-20-14-17(24)6-12-22(20)29-19-9-7-18(27-3)8-10-19/h5-14H,4H2,1-3H3,(H,25,26). The lowest BCUT2D eigenvalue weighted by Gasteiger charge is -2.14. The van der Waals surface area contributed by atoms with E-state index in [0.29, 0.717) is 34.4 Å². The van der Waals surface area contributed by atoms with Crippen molar-refractivity contribution in [2.75, 3.05) is 19.0 Å². The van der Waals surface area contributed by atoms with Crippen molar-refractivity contribution in [1.29, 1.82) is 0 Å². The van der Waals surface area contributed by atoms with Crippen LogP contribution in [-0.2, 0) is 0 Å². The molecule has 0 spiro atoms. The van der Waals surface area contributed by atoms with Crippen LogP contribution in [0.15, 0.2) is 60.7 Å². The van der Waals surface area contributed by atoms with Crippen LogP contribution in [-0.4, -0.2) is 19.6 Å². The number of methoxy groups -OCH3 is 1. The van der Waals surface area contributed by atoms with Crippen LogP contribution < -0.4 is 19.5 Å². The topological polar surface area (TPSA) is 56.8 Å². The summed E-state index contributed by atoms with van der Waals surface area (Å²) in [6, 6.07) is 17.5. The number of rotatable bonds is 7. The first-order chi connectivity index (χ1) is 14.0. The Hall–Kier alpha value is -3.18. The van der Waals surface area contributed by atoms with Crippen molar-refractivity contribution in [3.8, 4) is 23.0 Å². The van der Waals surface area contributed by atoms with Gasteiger partial charge < -0.3 is 19.5 Å². The third-order valence-electron chi connectivity index (χ3n) is 4.21. The summed E-state index contributed by atoms with van der Waals surface area (Å²) in [4.78, 5) is 12.8. The zero-order chi connectivity index (χ0) is 20.8. The minimum Gasteiger partial charge on any atom is -0.497 e. The van der Waals surface area contributed by atoms with Crippen molar-refractivity contribution in [3.05, 3.63) is 76.8 Å². The fourth-order valence-electron chi connectivity index (χ4n) is 2.76. The van der Waals surface area contributed by atoms with Gasteiger partial charge >= 0.3 is 0 Å². The summed E-state index contributed by atoms with van der Waals surface area (Å²) in [5.74, 6) is 2.32. The van der Waals surface area contributed by atoms with Crippen LogP contribution in [0.4, 0.5) is 5.69 Å². The maximum atomic E-state index is 12.8. The lowest BCUT2D eigenvalue weighted by Crippen LogP contribution is -2.13. The van der Waals surface area contributed by atoms with E-state index in [1.807, 2.05) is 13.8 Å². The highest BCUT2D eigenvalue weighted by molar-refractivity contribution is 6.31. The van der Waals surface area contributed by atoms with Gasteiger partial charge in [0.05, 0.1) is 19.4 Å². The van der Waals surface area contributed by atoms with E-state index in [9.17, 15) is 4.79 Å². The molecule has 0 bridgehead atoms. The van der Waals surface area contributed by atoms with Gasteiger partial charge in [-0.3, -0.25) is 4.79 Å². The van der Waals surface area contributed by atoms with Gasteiger partial charge in [-0.1, -0.05) is 11.6 Å². The molecule has 0 saturated heterocycles. The number of carbonyl (C=O) groups is 1. The molecule has 29 heavy (non-hydrogen) atoms. The lowest BCUT2D eigenvalue weighted by molar-refractivity contribution is 0.102. The van der Waals surface area contributed by atoms with Crippen LogP contribution in [0.3, 0.4) is 0 Å². The van der Waals surface area contributed by atoms with E-state index in [0.717, 1.165) is 17.1 Å². The second-order valence-corrected chi connectivity index (χ2v) is 6.72. The first-order valence-corrected chi connectivity index (χ1v) is 9.54. The minimum absolute atomic E-state index is 0.266. The summed E-state index contributed by atoms with van der Waals surface area (Å²) in [7, 11) is 1.60. The minimum atomic E-state index is -0.266. The molecule has 0 heterocycles. The maximum absolute atomic E-state index is 12.8. The van der Waals surface area contributed by atoms with Crippen molar-refractivity contribution in [2.24, 2.45) is 0 Å². The Balaban J connectivity index is 1.81. The number of ether oxygens (including phenoxy) is 3. The summed E-state index contributed by atoms with van der Waals surface area (Å²) in [6.45, 7) is 4.39. The molecule has 3 rings (SSSR count). The number of anilines is 1. The van der Waals surface area contributed by atoms with Crippen LogP contribution >= 0.6 is 11.6 Å². The number of nitrogens with one attached hydrogen (secondary N) is 1. The Bertz CT molecular complexity index is 1000. The van der Waals surface area contributed by atoms with Gasteiger partial charge in [0.15, 0.2) is 5.75 Å². The van der Waals surface area contributed by atoms with Gasteiger partial charge in [0.25, 0.3) is 5.91 Å². The van der Waals surface area contributed by atoms with Gasteiger partial charge in [0.1, 0.15) is 17.2 Å². The van der Waals surface area contributed by atoms with E-state index in [-0.39, 0.29) is 5.91 Å². The zero-order valence-electron chi connectivity index (χ0n) is 16.5. The van der Waals surface area contributed by atoms with Crippen LogP contribution in [0.25, 0.3) is 0 Å². The van der Waals surface area contributed by atoms with Crippen molar-refractivity contribution in [3.63, 3.8) is 0 Å². The number of halogens is 1. The molecule has 3 aromatic carbocycles. The molecule has 1 amide bonds. The summed E-state index contributed by atoms with van der Waals surface area (Å²) < 4.78 is 16.6. The molecule has 150 valence electrons. The predicted octanol–water partition coefficient (Wildman–Crippen LogP) is 6.10. The highest BCUT2D eigenvalue weighted by atomic mass is 35.5. The summed E-state index contributed by atoms with van der Waals surface area (Å²) in [6.07, 6.45) is 0. The number of benzene rings is 3. The van der Waals surface area contributed by atoms with Gasteiger partial charge in [0.2, 0.25) is 0 Å². The van der Waals surface area contributed by atoms with E-state index in [4.69, 9.17) is 25.8 Å². The number of amides is 1. The molecule has 0 aliphatic heterocycles. The highest BCUT2D eigenvalue weighted by Gasteiger charge is 2.13. The second-order valence-electron chi connectivity index (χ2n) is 6.29. The fourth-order valence-corrected chi connectivity index (χ4v) is 2.93. The predicted molar refractivity (Wildman–Crippen MR) is 115 cm³/mol. The monoisotopic (exact) mass is 411 g/mol. The fraction of sp³-hybridized carbons (Fsp3) is 0.174. The molecule has 0 fully saturated rings. The number of hydrogen-bond donors (Lipinski definition) is 1. The lowest BCUT2D eigenvalue weighted by atomic mass is 10.1. The van der Waals surface area contributed by atoms with Crippen molar-refractivity contribution in [2.45, 2.75) is 13.8 Å².